The second kappa shape index (κ2) is 12.1. The number of carboxylic acids is 1. The van der Waals surface area contributed by atoms with Crippen molar-refractivity contribution in [1.82, 2.24) is 0 Å². The molecular weight excluding hydrogens is 142 g/mol. The van der Waals surface area contributed by atoms with Crippen molar-refractivity contribution < 1.29 is 9.90 Å². The lowest BCUT2D eigenvalue weighted by atomic mass is 10.2. The van der Waals surface area contributed by atoms with Crippen LogP contribution in [0, 0.1) is 0 Å². The van der Waals surface area contributed by atoms with E-state index in [2.05, 4.69) is 6.92 Å². The van der Waals surface area contributed by atoms with E-state index in [-0.39, 0.29) is 0 Å². The molecule has 0 atom stereocenters. The van der Waals surface area contributed by atoms with E-state index >= 15 is 0 Å². The average molecular weight is 161 g/mol. The molecule has 0 aliphatic heterocycles. The third kappa shape index (κ3) is 44.2. The molecule has 0 aliphatic rings. The van der Waals surface area contributed by atoms with Crippen LogP contribution in [0.5, 0.6) is 0 Å². The van der Waals surface area contributed by atoms with Crippen LogP contribution >= 0.6 is 0 Å². The van der Waals surface area contributed by atoms with Gasteiger partial charge in [0, 0.05) is 6.92 Å². The fraction of sp³-hybridized carbons (Fsp3) is 0.875. The summed E-state index contributed by atoms with van der Waals surface area (Å²) in [7, 11) is 0. The van der Waals surface area contributed by atoms with Gasteiger partial charge in [0.1, 0.15) is 0 Å². The van der Waals surface area contributed by atoms with Gasteiger partial charge < -0.3 is 10.8 Å². The van der Waals surface area contributed by atoms with Gasteiger partial charge in [0.25, 0.3) is 5.97 Å². The van der Waals surface area contributed by atoms with Crippen LogP contribution in [0.4, 0.5) is 0 Å². The fourth-order valence-corrected chi connectivity index (χ4v) is 0.571. The van der Waals surface area contributed by atoms with Gasteiger partial charge in [-0.15, -0.1) is 0 Å². The van der Waals surface area contributed by atoms with Crippen molar-refractivity contribution in [1.29, 1.82) is 0 Å². The minimum Gasteiger partial charge on any atom is -0.481 e. The first kappa shape index (κ1) is 13.1. The standard InChI is InChI=1S/C6H15N.C2H4O2/c1-2-3-4-5-6-7;1-2(3)4/h2-7H2,1H3;1H3,(H,3,4). The third-order valence-corrected chi connectivity index (χ3v) is 1.06. The Morgan fingerprint density at radius 1 is 1.36 bits per heavy atom. The molecule has 3 N–H and O–H groups in total. The summed E-state index contributed by atoms with van der Waals surface area (Å²) in [6, 6.07) is 0. The molecule has 0 rings (SSSR count). The molecule has 68 valence electrons. The Morgan fingerprint density at radius 3 is 2.09 bits per heavy atom. The summed E-state index contributed by atoms with van der Waals surface area (Å²) in [6.07, 6.45) is 5.16. The van der Waals surface area contributed by atoms with Gasteiger partial charge in [-0.25, -0.2) is 0 Å². The summed E-state index contributed by atoms with van der Waals surface area (Å²) in [4.78, 5) is 9.00. The maximum atomic E-state index is 9.00. The monoisotopic (exact) mass is 161 g/mol. The molecule has 0 saturated carbocycles. The van der Waals surface area contributed by atoms with Crippen LogP contribution in [0.15, 0.2) is 0 Å². The van der Waals surface area contributed by atoms with Crippen molar-refractivity contribution >= 4 is 5.97 Å². The maximum absolute atomic E-state index is 9.00. The number of rotatable bonds is 4. The zero-order valence-electron chi connectivity index (χ0n) is 7.47. The normalized spacial score (nSPS) is 8.27. The lowest BCUT2D eigenvalue weighted by molar-refractivity contribution is -0.134. The van der Waals surface area contributed by atoms with E-state index in [4.69, 9.17) is 15.6 Å². The van der Waals surface area contributed by atoms with Crippen LogP contribution in [0.25, 0.3) is 0 Å². The second-order valence-electron chi connectivity index (χ2n) is 2.37. The van der Waals surface area contributed by atoms with E-state index in [1.54, 1.807) is 0 Å². The number of unbranched alkanes of at least 4 members (excludes halogenated alkanes) is 3. The Bertz CT molecular complexity index is 76.2. The quantitative estimate of drug-likeness (QED) is 0.616. The number of hydrogen-bond donors (Lipinski definition) is 2. The largest absolute Gasteiger partial charge is 0.481 e. The number of nitrogens with two attached hydrogens (primary N) is 1. The summed E-state index contributed by atoms with van der Waals surface area (Å²) in [5.41, 5.74) is 5.27. The highest BCUT2D eigenvalue weighted by Crippen LogP contribution is 1.95. The molecule has 0 aromatic carbocycles. The molecule has 0 heterocycles. The number of carboxylic acid groups (broad SMARTS) is 1. The predicted octanol–water partition coefficient (Wildman–Crippen LogP) is 1.62. The van der Waals surface area contributed by atoms with Crippen LogP contribution in [0.1, 0.15) is 39.5 Å². The van der Waals surface area contributed by atoms with E-state index in [1.807, 2.05) is 0 Å². The molecule has 0 radical (unpaired) electrons. The highest BCUT2D eigenvalue weighted by Gasteiger charge is 1.80. The SMILES string of the molecule is CC(=O)O.CCCCCCN. The van der Waals surface area contributed by atoms with Gasteiger partial charge >= 0.3 is 0 Å². The summed E-state index contributed by atoms with van der Waals surface area (Å²) in [6.45, 7) is 4.15. The number of carbonyl (C=O) groups is 1. The summed E-state index contributed by atoms with van der Waals surface area (Å²) in [5, 5.41) is 7.42. The molecule has 3 nitrogen and oxygen atoms in total. The van der Waals surface area contributed by atoms with Gasteiger partial charge in [0.05, 0.1) is 0 Å². The molecule has 0 aliphatic carbocycles. The Labute approximate surface area is 68.6 Å². The molecular formula is C8H19NO2. The first-order valence-electron chi connectivity index (χ1n) is 4.04. The molecule has 0 bridgehead atoms. The van der Waals surface area contributed by atoms with E-state index in [0.717, 1.165) is 13.5 Å². The zero-order chi connectivity index (χ0) is 9.11. The van der Waals surface area contributed by atoms with E-state index in [0.29, 0.717) is 0 Å². The summed E-state index contributed by atoms with van der Waals surface area (Å²) < 4.78 is 0. The molecule has 0 unspecified atom stereocenters. The second-order valence-corrected chi connectivity index (χ2v) is 2.37. The minimum atomic E-state index is -0.833. The third-order valence-electron chi connectivity index (χ3n) is 1.06. The molecule has 0 spiro atoms. The van der Waals surface area contributed by atoms with Gasteiger partial charge in [0.2, 0.25) is 0 Å². The number of aliphatic carboxylic acids is 1. The van der Waals surface area contributed by atoms with Crippen LogP contribution in [0.2, 0.25) is 0 Å². The summed E-state index contributed by atoms with van der Waals surface area (Å²) >= 11 is 0. The Hall–Kier alpha value is -0.570. The molecule has 0 aromatic heterocycles. The zero-order valence-corrected chi connectivity index (χ0v) is 7.47. The Morgan fingerprint density at radius 2 is 1.82 bits per heavy atom. The molecule has 11 heavy (non-hydrogen) atoms. The van der Waals surface area contributed by atoms with Crippen LogP contribution in [-0.2, 0) is 4.79 Å². The molecule has 0 fully saturated rings. The van der Waals surface area contributed by atoms with E-state index in [1.165, 1.54) is 25.7 Å². The Balaban J connectivity index is 0. The molecule has 0 saturated heterocycles. The highest BCUT2D eigenvalue weighted by molar-refractivity contribution is 5.62. The lowest BCUT2D eigenvalue weighted by Gasteiger charge is -1.90. The van der Waals surface area contributed by atoms with Crippen LogP contribution in [-0.4, -0.2) is 17.6 Å². The molecule has 0 aromatic rings. The number of hydrogen-bond acceptors (Lipinski definition) is 2. The first-order chi connectivity index (χ1) is 5.15. The highest BCUT2D eigenvalue weighted by atomic mass is 16.4. The average Bonchev–Trinajstić information content (AvgIpc) is 1.88. The van der Waals surface area contributed by atoms with Crippen molar-refractivity contribution in [3.8, 4) is 0 Å². The fourth-order valence-electron chi connectivity index (χ4n) is 0.571. The van der Waals surface area contributed by atoms with Gasteiger partial charge in [-0.1, -0.05) is 26.2 Å². The molecule has 0 amide bonds. The van der Waals surface area contributed by atoms with Crippen molar-refractivity contribution in [2.24, 2.45) is 5.73 Å². The van der Waals surface area contributed by atoms with Crippen LogP contribution in [0.3, 0.4) is 0 Å². The van der Waals surface area contributed by atoms with Crippen molar-refractivity contribution in [2.45, 2.75) is 39.5 Å². The van der Waals surface area contributed by atoms with Gasteiger partial charge in [-0.05, 0) is 13.0 Å². The predicted molar refractivity (Wildman–Crippen MR) is 46.5 cm³/mol. The smallest absolute Gasteiger partial charge is 0.300 e. The van der Waals surface area contributed by atoms with Crippen molar-refractivity contribution in [2.75, 3.05) is 6.54 Å². The van der Waals surface area contributed by atoms with Crippen molar-refractivity contribution in [3.05, 3.63) is 0 Å². The van der Waals surface area contributed by atoms with Gasteiger partial charge in [-0.2, -0.15) is 0 Å². The van der Waals surface area contributed by atoms with Gasteiger partial charge in [-0.3, -0.25) is 4.79 Å². The maximum Gasteiger partial charge on any atom is 0.300 e. The van der Waals surface area contributed by atoms with Crippen LogP contribution < -0.4 is 5.73 Å². The van der Waals surface area contributed by atoms with Crippen molar-refractivity contribution in [3.63, 3.8) is 0 Å². The minimum absolute atomic E-state index is 0.833. The van der Waals surface area contributed by atoms with Gasteiger partial charge in [0.15, 0.2) is 0 Å². The van der Waals surface area contributed by atoms with E-state index < -0.39 is 5.97 Å². The molecule has 3 heteroatoms. The Kier molecular flexibility index (Phi) is 14.4. The van der Waals surface area contributed by atoms with E-state index in [9.17, 15) is 0 Å². The lowest BCUT2D eigenvalue weighted by Crippen LogP contribution is -1.97. The topological polar surface area (TPSA) is 63.3 Å². The summed E-state index contributed by atoms with van der Waals surface area (Å²) in [5.74, 6) is -0.833. The first-order valence-corrected chi connectivity index (χ1v) is 4.04.